The highest BCUT2D eigenvalue weighted by molar-refractivity contribution is 6.00. The number of nitrogens with zero attached hydrogens (tertiary/aromatic N) is 2. The van der Waals surface area contributed by atoms with Crippen LogP contribution in [0.2, 0.25) is 0 Å². The Morgan fingerprint density at radius 3 is 1.42 bits per heavy atom. The molecule has 14 heteroatoms. The SMILES string of the molecule is C=CC(=O)OCCCCCCOc1ccc(C(=O)Oc2ccc(/C=N/N=C/c3ccc(OC(=O)c4ccc(OCCCCCCOC(=O)C=C)cc4)cc3C(=O)OC)cc2)cc1. The topological polar surface area (TPSA) is 175 Å². The molecule has 0 aromatic heterocycles. The van der Waals surface area contributed by atoms with Crippen molar-refractivity contribution in [3.05, 3.63) is 144 Å². The highest BCUT2D eigenvalue weighted by Gasteiger charge is 2.16. The average Bonchev–Trinajstić information content (AvgIpc) is 3.30. The summed E-state index contributed by atoms with van der Waals surface area (Å²) in [6.07, 6.45) is 12.0. The van der Waals surface area contributed by atoms with Crippen LogP contribution in [0, 0.1) is 0 Å². The number of carbonyl (C=O) groups is 5. The first-order chi connectivity index (χ1) is 30.2. The molecule has 0 aliphatic heterocycles. The van der Waals surface area contributed by atoms with Crippen molar-refractivity contribution < 1.29 is 57.1 Å². The van der Waals surface area contributed by atoms with Crippen LogP contribution < -0.4 is 18.9 Å². The maximum absolute atomic E-state index is 12.9. The summed E-state index contributed by atoms with van der Waals surface area (Å²) in [5.41, 5.74) is 1.82. The lowest BCUT2D eigenvalue weighted by Crippen LogP contribution is -2.11. The Kier molecular flexibility index (Phi) is 20.4. The Labute approximate surface area is 360 Å². The summed E-state index contributed by atoms with van der Waals surface area (Å²) in [4.78, 5) is 60.3. The number of benzene rings is 4. The van der Waals surface area contributed by atoms with Crippen molar-refractivity contribution in [2.45, 2.75) is 51.4 Å². The summed E-state index contributed by atoms with van der Waals surface area (Å²) in [6.45, 7) is 8.49. The Bertz CT molecular complexity index is 2160. The lowest BCUT2D eigenvalue weighted by molar-refractivity contribution is -0.138. The van der Waals surface area contributed by atoms with E-state index in [1.165, 1.54) is 31.7 Å². The van der Waals surface area contributed by atoms with Gasteiger partial charge in [0.2, 0.25) is 0 Å². The molecule has 0 unspecified atom stereocenters. The van der Waals surface area contributed by atoms with Crippen LogP contribution >= 0.6 is 0 Å². The molecule has 324 valence electrons. The monoisotopic (exact) mass is 846 g/mol. The van der Waals surface area contributed by atoms with E-state index in [-0.39, 0.29) is 16.9 Å². The summed E-state index contributed by atoms with van der Waals surface area (Å²) in [6, 6.07) is 24.4. The molecule has 0 amide bonds. The molecule has 4 aromatic carbocycles. The zero-order valence-corrected chi connectivity index (χ0v) is 34.7. The predicted molar refractivity (Wildman–Crippen MR) is 232 cm³/mol. The number of ether oxygens (including phenoxy) is 7. The van der Waals surface area contributed by atoms with E-state index in [2.05, 4.69) is 23.4 Å². The number of hydrogen-bond donors (Lipinski definition) is 0. The quantitative estimate of drug-likeness (QED) is 0.0112. The van der Waals surface area contributed by atoms with E-state index in [9.17, 15) is 24.0 Å². The fraction of sp³-hybridized carbons (Fsp3) is 0.271. The Hall–Kier alpha value is -7.35. The Balaban J connectivity index is 1.20. The highest BCUT2D eigenvalue weighted by Crippen LogP contribution is 2.21. The van der Waals surface area contributed by atoms with Gasteiger partial charge in [-0.15, -0.1) is 0 Å². The van der Waals surface area contributed by atoms with Gasteiger partial charge in [0.05, 0.1) is 62.7 Å². The van der Waals surface area contributed by atoms with Crippen LogP contribution in [0.4, 0.5) is 0 Å². The summed E-state index contributed by atoms with van der Waals surface area (Å²) < 4.78 is 37.4. The van der Waals surface area contributed by atoms with Crippen LogP contribution in [0.5, 0.6) is 23.0 Å². The summed E-state index contributed by atoms with van der Waals surface area (Å²) >= 11 is 0. The van der Waals surface area contributed by atoms with Gasteiger partial charge in [0.15, 0.2) is 0 Å². The molecule has 0 N–H and O–H groups in total. The van der Waals surface area contributed by atoms with Gasteiger partial charge in [-0.3, -0.25) is 0 Å². The first-order valence-electron chi connectivity index (χ1n) is 20.1. The lowest BCUT2D eigenvalue weighted by atomic mass is 10.1. The van der Waals surface area contributed by atoms with Crippen molar-refractivity contribution in [3.63, 3.8) is 0 Å². The molecule has 0 bridgehead atoms. The Morgan fingerprint density at radius 1 is 0.500 bits per heavy atom. The van der Waals surface area contributed by atoms with Crippen molar-refractivity contribution in [1.29, 1.82) is 0 Å². The van der Waals surface area contributed by atoms with Crippen LogP contribution in [0.1, 0.15) is 93.6 Å². The maximum atomic E-state index is 12.9. The second-order valence-electron chi connectivity index (χ2n) is 13.4. The minimum Gasteiger partial charge on any atom is -0.494 e. The molecule has 14 nitrogen and oxygen atoms in total. The molecule has 0 radical (unpaired) electrons. The number of rotatable bonds is 26. The van der Waals surface area contributed by atoms with Crippen molar-refractivity contribution in [1.82, 2.24) is 0 Å². The van der Waals surface area contributed by atoms with Crippen molar-refractivity contribution >= 4 is 42.3 Å². The van der Waals surface area contributed by atoms with E-state index in [0.717, 1.165) is 63.5 Å². The molecule has 0 aliphatic rings. The first kappa shape index (κ1) is 47.3. The number of methoxy groups -OCH3 is 1. The number of carbonyl (C=O) groups excluding carboxylic acids is 5. The number of unbranched alkanes of at least 4 members (excludes halogenated alkanes) is 6. The van der Waals surface area contributed by atoms with E-state index in [4.69, 9.17) is 33.2 Å². The molecular weight excluding hydrogens is 797 g/mol. The normalized spacial score (nSPS) is 10.8. The van der Waals surface area contributed by atoms with E-state index >= 15 is 0 Å². The number of esters is 5. The van der Waals surface area contributed by atoms with E-state index in [1.807, 2.05) is 0 Å². The van der Waals surface area contributed by atoms with E-state index in [0.29, 0.717) is 60.4 Å². The van der Waals surface area contributed by atoms with Gasteiger partial charge < -0.3 is 33.2 Å². The van der Waals surface area contributed by atoms with Gasteiger partial charge in [0, 0.05) is 17.7 Å². The standard InChI is InChI=1S/C48H50N2O12/c1-4-44(51)59-30-12-8-6-10-28-57-39-23-16-36(17-24-39)46(53)61-41-21-14-35(15-22-41)33-49-50-34-38-20-27-42(32-43(38)48(55)56-3)62-47(54)37-18-25-40(26-19-37)58-29-11-7-9-13-31-60-45(52)5-2/h4-5,14-27,32-34H,1-2,6-13,28-31H2,3H3/b49-33+,50-34+. The van der Waals surface area contributed by atoms with E-state index < -0.39 is 29.8 Å². The van der Waals surface area contributed by atoms with Gasteiger partial charge in [-0.1, -0.05) is 13.2 Å². The molecule has 0 aliphatic carbocycles. The molecule has 4 aromatic rings. The zero-order chi connectivity index (χ0) is 44.4. The molecule has 0 fully saturated rings. The van der Waals surface area contributed by atoms with Crippen LogP contribution in [0.25, 0.3) is 0 Å². The van der Waals surface area contributed by atoms with Crippen LogP contribution in [-0.4, -0.2) is 75.8 Å². The molecule has 4 rings (SSSR count). The highest BCUT2D eigenvalue weighted by atomic mass is 16.5. The lowest BCUT2D eigenvalue weighted by Gasteiger charge is -2.09. The molecule has 0 heterocycles. The third-order valence-electron chi connectivity index (χ3n) is 8.82. The van der Waals surface area contributed by atoms with Gasteiger partial charge in [0.25, 0.3) is 0 Å². The van der Waals surface area contributed by atoms with Gasteiger partial charge in [-0.05, 0) is 148 Å². The van der Waals surface area contributed by atoms with Crippen molar-refractivity contribution in [2.24, 2.45) is 10.2 Å². The van der Waals surface area contributed by atoms with E-state index in [1.54, 1.807) is 78.9 Å². The third-order valence-corrected chi connectivity index (χ3v) is 8.82. The minimum absolute atomic E-state index is 0.112. The fourth-order valence-electron chi connectivity index (χ4n) is 5.48. The molecular formula is C48H50N2O12. The smallest absolute Gasteiger partial charge is 0.343 e. The molecule has 0 atom stereocenters. The van der Waals surface area contributed by atoms with Crippen molar-refractivity contribution in [2.75, 3.05) is 33.5 Å². The maximum Gasteiger partial charge on any atom is 0.343 e. The molecule has 0 spiro atoms. The minimum atomic E-state index is -0.661. The molecule has 0 saturated heterocycles. The second-order valence-corrected chi connectivity index (χ2v) is 13.4. The Morgan fingerprint density at radius 2 is 0.935 bits per heavy atom. The summed E-state index contributed by atoms with van der Waals surface area (Å²) in [5, 5.41) is 8.13. The average molecular weight is 847 g/mol. The van der Waals surface area contributed by atoms with Gasteiger partial charge >= 0.3 is 29.8 Å². The van der Waals surface area contributed by atoms with Crippen molar-refractivity contribution in [3.8, 4) is 23.0 Å². The van der Waals surface area contributed by atoms with Crippen LogP contribution in [0.15, 0.2) is 127 Å². The second kappa shape index (κ2) is 26.7. The first-order valence-corrected chi connectivity index (χ1v) is 20.1. The van der Waals surface area contributed by atoms with Crippen LogP contribution in [0.3, 0.4) is 0 Å². The predicted octanol–water partition coefficient (Wildman–Crippen LogP) is 8.70. The third kappa shape index (κ3) is 17.1. The molecule has 62 heavy (non-hydrogen) atoms. The van der Waals surface area contributed by atoms with Gasteiger partial charge in [0.1, 0.15) is 23.0 Å². The van der Waals surface area contributed by atoms with Gasteiger partial charge in [-0.25, -0.2) is 24.0 Å². The zero-order valence-electron chi connectivity index (χ0n) is 34.7. The molecule has 0 saturated carbocycles. The summed E-state index contributed by atoms with van der Waals surface area (Å²) in [7, 11) is 1.24. The fourth-order valence-corrected chi connectivity index (χ4v) is 5.48. The largest absolute Gasteiger partial charge is 0.494 e. The van der Waals surface area contributed by atoms with Gasteiger partial charge in [-0.2, -0.15) is 10.2 Å². The summed E-state index contributed by atoms with van der Waals surface area (Å²) in [5.74, 6) is -0.934. The number of hydrogen-bond acceptors (Lipinski definition) is 14. The van der Waals surface area contributed by atoms with Crippen LogP contribution in [-0.2, 0) is 23.8 Å².